The van der Waals surface area contributed by atoms with Gasteiger partial charge < -0.3 is 10.5 Å². The molecule has 0 aromatic carbocycles. The summed E-state index contributed by atoms with van der Waals surface area (Å²) in [4.78, 5) is 15.4. The highest BCUT2D eigenvalue weighted by molar-refractivity contribution is 6.29. The van der Waals surface area contributed by atoms with Crippen molar-refractivity contribution in [3.8, 4) is 0 Å². The van der Waals surface area contributed by atoms with Gasteiger partial charge in [-0.3, -0.25) is 0 Å². The normalized spacial score (nSPS) is 10.5. The molecule has 0 aliphatic rings. The number of carbonyl (C=O) groups is 1. The molecule has 1 heterocycles. The van der Waals surface area contributed by atoms with E-state index >= 15 is 0 Å². The Kier molecular flexibility index (Phi) is 4.55. The van der Waals surface area contributed by atoms with Crippen LogP contribution in [0.1, 0.15) is 30.6 Å². The van der Waals surface area contributed by atoms with E-state index in [9.17, 15) is 4.79 Å². The smallest absolute Gasteiger partial charge is 0.340 e. The highest BCUT2D eigenvalue weighted by atomic mass is 35.5. The summed E-state index contributed by atoms with van der Waals surface area (Å²) in [6.45, 7) is 4.51. The molecule has 1 aromatic heterocycles. The Morgan fingerprint density at radius 3 is 2.94 bits per heavy atom. The van der Waals surface area contributed by atoms with E-state index in [1.807, 2.05) is 0 Å². The number of halogens is 1. The van der Waals surface area contributed by atoms with Crippen LogP contribution in [0.25, 0.3) is 0 Å². The van der Waals surface area contributed by atoms with Crippen molar-refractivity contribution in [2.75, 3.05) is 12.3 Å². The molecule has 1 aromatic rings. The fourth-order valence-corrected chi connectivity index (χ4v) is 1.24. The summed E-state index contributed by atoms with van der Waals surface area (Å²) >= 11 is 5.67. The predicted octanol–water partition coefficient (Wildman–Crippen LogP) is 2.52. The molecule has 0 amide bonds. The minimum Gasteiger partial charge on any atom is -0.462 e. The second-order valence-electron chi connectivity index (χ2n) is 3.91. The average Bonchev–Trinajstić information content (AvgIpc) is 2.21. The van der Waals surface area contributed by atoms with Gasteiger partial charge in [0.25, 0.3) is 0 Å². The van der Waals surface area contributed by atoms with Crippen molar-refractivity contribution >= 4 is 23.3 Å². The van der Waals surface area contributed by atoms with Crippen LogP contribution in [0.5, 0.6) is 0 Å². The van der Waals surface area contributed by atoms with Crippen molar-refractivity contribution in [3.05, 3.63) is 23.0 Å². The molecule has 0 radical (unpaired) electrons. The summed E-state index contributed by atoms with van der Waals surface area (Å²) in [5, 5.41) is 0.227. The zero-order valence-electron chi connectivity index (χ0n) is 9.37. The van der Waals surface area contributed by atoms with Gasteiger partial charge in [-0.2, -0.15) is 0 Å². The van der Waals surface area contributed by atoms with Crippen molar-refractivity contribution in [3.63, 3.8) is 0 Å². The molecule has 0 bridgehead atoms. The molecule has 0 atom stereocenters. The van der Waals surface area contributed by atoms with Crippen LogP contribution >= 0.6 is 11.6 Å². The molecule has 0 aliphatic carbocycles. The average molecular weight is 243 g/mol. The molecule has 0 unspecified atom stereocenters. The summed E-state index contributed by atoms with van der Waals surface area (Å²) in [6, 6.07) is 1.41. The van der Waals surface area contributed by atoms with Gasteiger partial charge in [-0.05, 0) is 18.4 Å². The number of nitrogens with two attached hydrogens (primary N) is 1. The monoisotopic (exact) mass is 242 g/mol. The Hall–Kier alpha value is -1.29. The van der Waals surface area contributed by atoms with E-state index in [0.717, 1.165) is 6.42 Å². The van der Waals surface area contributed by atoms with Gasteiger partial charge in [-0.15, -0.1) is 0 Å². The lowest BCUT2D eigenvalue weighted by Gasteiger charge is -2.08. The van der Waals surface area contributed by atoms with E-state index < -0.39 is 5.97 Å². The Bertz CT molecular complexity index is 380. The maximum atomic E-state index is 11.6. The first kappa shape index (κ1) is 12.8. The number of aromatic nitrogens is 1. The van der Waals surface area contributed by atoms with E-state index in [4.69, 9.17) is 22.1 Å². The lowest BCUT2D eigenvalue weighted by molar-refractivity contribution is 0.0489. The molecule has 5 heteroatoms. The van der Waals surface area contributed by atoms with Gasteiger partial charge in [0.05, 0.1) is 24.1 Å². The first-order valence-corrected chi connectivity index (χ1v) is 5.46. The van der Waals surface area contributed by atoms with E-state index in [-0.39, 0.29) is 16.4 Å². The quantitative estimate of drug-likeness (QED) is 0.651. The molecule has 88 valence electrons. The second kappa shape index (κ2) is 5.70. The summed E-state index contributed by atoms with van der Waals surface area (Å²) in [6.07, 6.45) is 2.17. The van der Waals surface area contributed by atoms with Crippen LogP contribution in [-0.2, 0) is 4.74 Å². The van der Waals surface area contributed by atoms with Crippen LogP contribution in [0.2, 0.25) is 5.15 Å². The highest BCUT2D eigenvalue weighted by Crippen LogP contribution is 2.16. The molecular weight excluding hydrogens is 228 g/mol. The van der Waals surface area contributed by atoms with Crippen LogP contribution in [0.15, 0.2) is 12.3 Å². The van der Waals surface area contributed by atoms with E-state index in [2.05, 4.69) is 18.8 Å². The summed E-state index contributed by atoms with van der Waals surface area (Å²) in [5.41, 5.74) is 6.14. The van der Waals surface area contributed by atoms with E-state index in [1.165, 1.54) is 12.3 Å². The maximum absolute atomic E-state index is 11.6. The van der Waals surface area contributed by atoms with E-state index in [0.29, 0.717) is 12.5 Å². The van der Waals surface area contributed by atoms with Crippen molar-refractivity contribution in [2.24, 2.45) is 5.92 Å². The number of nitrogen functional groups attached to an aromatic ring is 1. The number of hydrogen-bond acceptors (Lipinski definition) is 4. The molecule has 2 N–H and O–H groups in total. The summed E-state index contributed by atoms with van der Waals surface area (Å²) in [7, 11) is 0. The lowest BCUT2D eigenvalue weighted by atomic mass is 10.1. The van der Waals surface area contributed by atoms with Gasteiger partial charge in [0, 0.05) is 0 Å². The minimum absolute atomic E-state index is 0.227. The number of anilines is 1. The SMILES string of the molecule is CC(C)CCOC(=O)c1cc(Cl)ncc1N. The second-order valence-corrected chi connectivity index (χ2v) is 4.30. The third-order valence-electron chi connectivity index (χ3n) is 2.05. The highest BCUT2D eigenvalue weighted by Gasteiger charge is 2.12. The first-order valence-electron chi connectivity index (χ1n) is 5.09. The molecule has 0 aliphatic heterocycles. The lowest BCUT2D eigenvalue weighted by Crippen LogP contribution is -2.10. The Morgan fingerprint density at radius 1 is 1.62 bits per heavy atom. The largest absolute Gasteiger partial charge is 0.462 e. The number of rotatable bonds is 4. The fourth-order valence-electron chi connectivity index (χ4n) is 1.08. The number of nitrogens with zero attached hydrogens (tertiary/aromatic N) is 1. The number of esters is 1. The molecular formula is C11H15ClN2O2. The Balaban J connectivity index is 2.62. The van der Waals surface area contributed by atoms with Gasteiger partial charge in [0.1, 0.15) is 5.15 Å². The summed E-state index contributed by atoms with van der Waals surface area (Å²) < 4.78 is 5.07. The van der Waals surface area contributed by atoms with Crippen LogP contribution in [0, 0.1) is 5.92 Å². The van der Waals surface area contributed by atoms with Crippen LogP contribution in [0.4, 0.5) is 5.69 Å². The van der Waals surface area contributed by atoms with Gasteiger partial charge >= 0.3 is 5.97 Å². The number of hydrogen-bond donors (Lipinski definition) is 1. The zero-order valence-corrected chi connectivity index (χ0v) is 10.1. The van der Waals surface area contributed by atoms with Crippen molar-refractivity contribution < 1.29 is 9.53 Å². The first-order chi connectivity index (χ1) is 7.50. The number of ether oxygens (including phenoxy) is 1. The number of carbonyl (C=O) groups excluding carboxylic acids is 1. The molecule has 0 saturated heterocycles. The molecule has 0 saturated carbocycles. The molecule has 1 rings (SSSR count). The molecule has 4 nitrogen and oxygen atoms in total. The van der Waals surface area contributed by atoms with Crippen LogP contribution in [-0.4, -0.2) is 17.6 Å². The maximum Gasteiger partial charge on any atom is 0.340 e. The predicted molar refractivity (Wildman–Crippen MR) is 63.4 cm³/mol. The van der Waals surface area contributed by atoms with E-state index in [1.54, 1.807) is 0 Å². The third kappa shape index (κ3) is 3.70. The molecule has 16 heavy (non-hydrogen) atoms. The van der Waals surface area contributed by atoms with Crippen LogP contribution < -0.4 is 5.73 Å². The van der Waals surface area contributed by atoms with Crippen LogP contribution in [0.3, 0.4) is 0 Å². The summed E-state index contributed by atoms with van der Waals surface area (Å²) in [5.74, 6) is 0.0358. The third-order valence-corrected chi connectivity index (χ3v) is 2.26. The topological polar surface area (TPSA) is 65.2 Å². The van der Waals surface area contributed by atoms with Gasteiger partial charge in [-0.1, -0.05) is 25.4 Å². The van der Waals surface area contributed by atoms with Gasteiger partial charge in [0.2, 0.25) is 0 Å². The van der Waals surface area contributed by atoms with Crippen molar-refractivity contribution in [1.29, 1.82) is 0 Å². The Morgan fingerprint density at radius 2 is 2.31 bits per heavy atom. The van der Waals surface area contributed by atoms with Gasteiger partial charge in [-0.25, -0.2) is 9.78 Å². The Labute approximate surface area is 99.8 Å². The van der Waals surface area contributed by atoms with Crippen molar-refractivity contribution in [1.82, 2.24) is 4.98 Å². The minimum atomic E-state index is -0.456. The zero-order chi connectivity index (χ0) is 12.1. The molecule has 0 fully saturated rings. The van der Waals surface area contributed by atoms with Crippen molar-refractivity contribution in [2.45, 2.75) is 20.3 Å². The standard InChI is InChI=1S/C11H15ClN2O2/c1-7(2)3-4-16-11(15)8-5-10(12)14-6-9(8)13/h5-7H,3-4,13H2,1-2H3. The fraction of sp³-hybridized carbons (Fsp3) is 0.455. The van der Waals surface area contributed by atoms with Gasteiger partial charge in [0.15, 0.2) is 0 Å². The number of pyridine rings is 1. The molecule has 0 spiro atoms.